The Bertz CT molecular complexity index is 1330. The number of nitrogens with two attached hydrogens (primary N) is 1. The largest absolute Gasteiger partial charge is 0.463 e. The van der Waals surface area contributed by atoms with E-state index in [2.05, 4.69) is 20.1 Å². The predicted octanol–water partition coefficient (Wildman–Crippen LogP) is 2.75. The third-order valence-corrected chi connectivity index (χ3v) is 5.12. The van der Waals surface area contributed by atoms with Crippen molar-refractivity contribution in [2.45, 2.75) is 20.1 Å². The van der Waals surface area contributed by atoms with E-state index in [0.29, 0.717) is 23.0 Å². The molecular formula is C22H19N7O2. The molecule has 31 heavy (non-hydrogen) atoms. The number of allylic oxidation sites excluding steroid dienone is 1. The number of primary amides is 1. The lowest BCUT2D eigenvalue weighted by atomic mass is 10.1. The molecule has 4 heterocycles. The number of carbonyl (C=O) groups is 1. The van der Waals surface area contributed by atoms with E-state index < -0.39 is 5.91 Å². The molecule has 0 saturated heterocycles. The van der Waals surface area contributed by atoms with Crippen LogP contribution in [0.2, 0.25) is 0 Å². The second-order valence-corrected chi connectivity index (χ2v) is 7.15. The third-order valence-electron chi connectivity index (χ3n) is 5.12. The number of aromatic nitrogens is 5. The fourth-order valence-corrected chi connectivity index (χ4v) is 3.69. The summed E-state index contributed by atoms with van der Waals surface area (Å²) in [5.74, 6) is 0.494. The van der Waals surface area contributed by atoms with Crippen LogP contribution in [-0.4, -0.2) is 36.7 Å². The zero-order valence-corrected chi connectivity index (χ0v) is 16.9. The van der Waals surface area contributed by atoms with Crippen molar-refractivity contribution in [3.63, 3.8) is 0 Å². The lowest BCUT2D eigenvalue weighted by Gasteiger charge is -2.23. The minimum atomic E-state index is -0.594. The van der Waals surface area contributed by atoms with E-state index in [1.807, 2.05) is 60.5 Å². The fourth-order valence-electron chi connectivity index (χ4n) is 3.69. The van der Waals surface area contributed by atoms with E-state index in [1.165, 1.54) is 0 Å². The van der Waals surface area contributed by atoms with Crippen LogP contribution in [0.25, 0.3) is 28.4 Å². The first-order chi connectivity index (χ1) is 15.0. The smallest absolute Gasteiger partial charge is 0.285 e. The molecule has 154 valence electrons. The maximum atomic E-state index is 11.6. The number of nitrogens with zero attached hydrogens (tertiary/aromatic N) is 6. The van der Waals surface area contributed by atoms with E-state index in [-0.39, 0.29) is 12.0 Å². The quantitative estimate of drug-likeness (QED) is 0.547. The zero-order chi connectivity index (χ0) is 21.5. The van der Waals surface area contributed by atoms with Crippen molar-refractivity contribution in [3.8, 4) is 22.6 Å². The SMILES string of the molecule is CC1=C(C(N)=O)OC(C)N1c1ccnc(-c2nc3ncc(-c4ccccc4)cn3n2)c1. The molecule has 1 amide bonds. The van der Waals surface area contributed by atoms with Crippen molar-refractivity contribution in [2.24, 2.45) is 5.73 Å². The number of ether oxygens (including phenoxy) is 1. The van der Waals surface area contributed by atoms with Gasteiger partial charge in [-0.2, -0.15) is 4.98 Å². The molecule has 3 aromatic heterocycles. The molecule has 9 heteroatoms. The van der Waals surface area contributed by atoms with Crippen molar-refractivity contribution < 1.29 is 9.53 Å². The second kappa shape index (κ2) is 7.21. The number of fused-ring (bicyclic) bond motifs is 1. The van der Waals surface area contributed by atoms with Gasteiger partial charge < -0.3 is 15.4 Å². The van der Waals surface area contributed by atoms with Gasteiger partial charge in [-0.1, -0.05) is 30.3 Å². The van der Waals surface area contributed by atoms with E-state index in [4.69, 9.17) is 10.5 Å². The number of carbonyl (C=O) groups excluding carboxylic acids is 1. The van der Waals surface area contributed by atoms with Gasteiger partial charge in [0.2, 0.25) is 11.6 Å². The molecule has 1 aliphatic rings. The maximum absolute atomic E-state index is 11.6. The van der Waals surface area contributed by atoms with Crippen LogP contribution in [0.3, 0.4) is 0 Å². The summed E-state index contributed by atoms with van der Waals surface area (Å²) in [6, 6.07) is 13.6. The van der Waals surface area contributed by atoms with Crippen LogP contribution in [0.5, 0.6) is 0 Å². The molecule has 4 aromatic rings. The molecule has 1 unspecified atom stereocenters. The molecule has 1 aliphatic heterocycles. The normalized spacial score (nSPS) is 16.1. The summed E-state index contributed by atoms with van der Waals surface area (Å²) in [6.07, 6.45) is 4.96. The van der Waals surface area contributed by atoms with Gasteiger partial charge >= 0.3 is 0 Å². The van der Waals surface area contributed by atoms with Gasteiger partial charge in [0.1, 0.15) is 5.69 Å². The van der Waals surface area contributed by atoms with Gasteiger partial charge in [0.25, 0.3) is 11.7 Å². The Hall–Kier alpha value is -4.27. The van der Waals surface area contributed by atoms with E-state index in [1.54, 1.807) is 23.8 Å². The van der Waals surface area contributed by atoms with Crippen LogP contribution in [0.4, 0.5) is 5.69 Å². The van der Waals surface area contributed by atoms with Gasteiger partial charge in [0.05, 0.1) is 5.70 Å². The average molecular weight is 413 g/mol. The maximum Gasteiger partial charge on any atom is 0.285 e. The van der Waals surface area contributed by atoms with Crippen molar-refractivity contribution in [1.82, 2.24) is 24.6 Å². The summed E-state index contributed by atoms with van der Waals surface area (Å²) >= 11 is 0. The first-order valence-electron chi connectivity index (χ1n) is 9.72. The monoisotopic (exact) mass is 413 g/mol. The Morgan fingerprint density at radius 1 is 1.13 bits per heavy atom. The summed E-state index contributed by atoms with van der Waals surface area (Å²) < 4.78 is 7.26. The Balaban J connectivity index is 1.52. The highest BCUT2D eigenvalue weighted by Crippen LogP contribution is 2.32. The van der Waals surface area contributed by atoms with Crippen LogP contribution in [0.1, 0.15) is 13.8 Å². The molecule has 1 aromatic carbocycles. The Morgan fingerprint density at radius 3 is 2.68 bits per heavy atom. The van der Waals surface area contributed by atoms with Crippen LogP contribution >= 0.6 is 0 Å². The number of amides is 1. The lowest BCUT2D eigenvalue weighted by molar-refractivity contribution is -0.118. The highest BCUT2D eigenvalue weighted by Gasteiger charge is 2.32. The molecule has 0 saturated carbocycles. The molecular weight excluding hydrogens is 394 g/mol. The van der Waals surface area contributed by atoms with E-state index in [0.717, 1.165) is 16.8 Å². The Labute approximate surface area is 177 Å². The average Bonchev–Trinajstić information content (AvgIpc) is 3.34. The van der Waals surface area contributed by atoms with Gasteiger partial charge in [0, 0.05) is 29.8 Å². The van der Waals surface area contributed by atoms with Gasteiger partial charge in [-0.3, -0.25) is 9.78 Å². The standard InChI is InChI=1S/C22H19N7O2/c1-13-19(20(23)30)31-14(2)29(13)17-8-9-24-18(10-17)21-26-22-25-11-16(12-28(22)27-21)15-6-4-3-5-7-15/h3-12,14H,1-2H3,(H2,23,30). The number of anilines is 1. The second-order valence-electron chi connectivity index (χ2n) is 7.15. The number of pyridine rings is 1. The van der Waals surface area contributed by atoms with Crippen molar-refractivity contribution in [1.29, 1.82) is 0 Å². The predicted molar refractivity (Wildman–Crippen MR) is 114 cm³/mol. The third kappa shape index (κ3) is 3.25. The number of benzene rings is 1. The molecule has 5 rings (SSSR count). The number of hydrogen-bond acceptors (Lipinski definition) is 7. The van der Waals surface area contributed by atoms with E-state index in [9.17, 15) is 4.79 Å². The molecule has 0 spiro atoms. The molecule has 0 radical (unpaired) electrons. The van der Waals surface area contributed by atoms with Crippen molar-refractivity contribution >= 4 is 17.4 Å². The van der Waals surface area contributed by atoms with Gasteiger partial charge in [-0.05, 0) is 31.5 Å². The van der Waals surface area contributed by atoms with Crippen LogP contribution in [-0.2, 0) is 9.53 Å². The van der Waals surface area contributed by atoms with Crippen LogP contribution in [0.15, 0.2) is 72.5 Å². The molecule has 0 bridgehead atoms. The highest BCUT2D eigenvalue weighted by atomic mass is 16.5. The van der Waals surface area contributed by atoms with Crippen LogP contribution < -0.4 is 10.6 Å². The molecule has 0 fully saturated rings. The molecule has 9 nitrogen and oxygen atoms in total. The minimum absolute atomic E-state index is 0.161. The summed E-state index contributed by atoms with van der Waals surface area (Å²) in [5, 5.41) is 4.56. The molecule has 2 N–H and O–H groups in total. The van der Waals surface area contributed by atoms with Gasteiger partial charge in [-0.15, -0.1) is 5.10 Å². The zero-order valence-electron chi connectivity index (χ0n) is 16.9. The lowest BCUT2D eigenvalue weighted by Crippen LogP contribution is -2.27. The first-order valence-corrected chi connectivity index (χ1v) is 9.72. The minimum Gasteiger partial charge on any atom is -0.463 e. The van der Waals surface area contributed by atoms with Gasteiger partial charge in [0.15, 0.2) is 6.23 Å². The van der Waals surface area contributed by atoms with Gasteiger partial charge in [-0.25, -0.2) is 9.50 Å². The summed E-state index contributed by atoms with van der Waals surface area (Å²) in [7, 11) is 0. The van der Waals surface area contributed by atoms with Crippen LogP contribution in [0, 0.1) is 0 Å². The number of hydrogen-bond donors (Lipinski definition) is 1. The first kappa shape index (κ1) is 18.7. The Morgan fingerprint density at radius 2 is 1.94 bits per heavy atom. The summed E-state index contributed by atoms with van der Waals surface area (Å²) in [4.78, 5) is 26.9. The Kier molecular flexibility index (Phi) is 4.36. The summed E-state index contributed by atoms with van der Waals surface area (Å²) in [5.41, 5.74) is 9.43. The molecule has 1 atom stereocenters. The highest BCUT2D eigenvalue weighted by molar-refractivity contribution is 5.92. The molecule has 0 aliphatic carbocycles. The van der Waals surface area contributed by atoms with Crippen molar-refractivity contribution in [2.75, 3.05) is 4.90 Å². The summed E-state index contributed by atoms with van der Waals surface area (Å²) in [6.45, 7) is 3.64. The topological polar surface area (TPSA) is 112 Å². The van der Waals surface area contributed by atoms with Crippen molar-refractivity contribution in [3.05, 3.63) is 72.5 Å². The number of rotatable bonds is 4. The van der Waals surface area contributed by atoms with E-state index >= 15 is 0 Å². The fraction of sp³-hybridized carbons (Fsp3) is 0.136.